The zero-order valence-electron chi connectivity index (χ0n) is 11.9. The van der Waals surface area contributed by atoms with Gasteiger partial charge in [0.1, 0.15) is 0 Å². The molecule has 0 aromatic heterocycles. The third-order valence-corrected chi connectivity index (χ3v) is 3.80. The Kier molecular flexibility index (Phi) is 5.05. The quantitative estimate of drug-likeness (QED) is 0.511. The zero-order chi connectivity index (χ0) is 16.1. The molecule has 8 nitrogen and oxygen atoms in total. The molecule has 2 N–H and O–H groups in total. The van der Waals surface area contributed by atoms with Crippen LogP contribution in [0.5, 0.6) is 0 Å². The zero-order valence-corrected chi connectivity index (χ0v) is 11.9. The minimum absolute atomic E-state index is 0.0343. The van der Waals surface area contributed by atoms with Crippen molar-refractivity contribution in [1.82, 2.24) is 0 Å². The van der Waals surface area contributed by atoms with Crippen molar-refractivity contribution in [3.8, 4) is 0 Å². The smallest absolute Gasteiger partial charge is 0.279 e. The number of rotatable bonds is 5. The number of likely N-dealkylation sites (tertiary alicyclic amines) is 1. The number of hydrogen-bond acceptors (Lipinski definition) is 5. The predicted octanol–water partition coefficient (Wildman–Crippen LogP) is -1.42. The summed E-state index contributed by atoms with van der Waals surface area (Å²) in [5.74, 6) is -1.63. The first-order valence-electron chi connectivity index (χ1n) is 7.04. The van der Waals surface area contributed by atoms with Crippen molar-refractivity contribution in [2.75, 3.05) is 25.0 Å². The summed E-state index contributed by atoms with van der Waals surface area (Å²) >= 11 is 0. The fourth-order valence-corrected chi connectivity index (χ4v) is 2.54. The molecule has 0 spiro atoms. The molecule has 1 aliphatic rings. The van der Waals surface area contributed by atoms with Gasteiger partial charge >= 0.3 is 0 Å². The Morgan fingerprint density at radius 2 is 1.82 bits per heavy atom. The van der Waals surface area contributed by atoms with Crippen molar-refractivity contribution >= 4 is 23.3 Å². The molecular weight excluding hydrogens is 290 g/mol. The van der Waals surface area contributed by atoms with Crippen LogP contribution in [-0.4, -0.2) is 36.4 Å². The van der Waals surface area contributed by atoms with Crippen LogP contribution in [0.3, 0.4) is 0 Å². The van der Waals surface area contributed by atoms with E-state index in [4.69, 9.17) is 0 Å². The number of carbonyl (C=O) groups excluding carboxylic acids is 2. The number of nitro groups is 1. The lowest BCUT2D eigenvalue weighted by Crippen LogP contribution is -3.14. The van der Waals surface area contributed by atoms with Crippen LogP contribution >= 0.6 is 0 Å². The lowest BCUT2D eigenvalue weighted by atomic mass is 9.97. The van der Waals surface area contributed by atoms with Crippen LogP contribution in [0.4, 0.5) is 11.4 Å². The number of carboxylic acid groups (broad SMARTS) is 1. The first-order valence-corrected chi connectivity index (χ1v) is 7.04. The maximum atomic E-state index is 11.9. The molecular formula is C14H17N3O5. The number of nitrogens with one attached hydrogen (secondary N) is 2. The van der Waals surface area contributed by atoms with Crippen LogP contribution in [0.25, 0.3) is 0 Å². The standard InChI is InChI=1S/C14H17N3O5/c18-13(9-16-7-5-10(6-8-16)14(19)20)15-11-1-3-12(4-2-11)17(21)22/h1-4,10H,5-9H2,(H,15,18)(H,19,20). The summed E-state index contributed by atoms with van der Waals surface area (Å²) in [6, 6.07) is 5.61. The third-order valence-electron chi connectivity index (χ3n) is 3.80. The number of aliphatic carboxylic acids is 1. The molecule has 22 heavy (non-hydrogen) atoms. The summed E-state index contributed by atoms with van der Waals surface area (Å²) < 4.78 is 0. The summed E-state index contributed by atoms with van der Waals surface area (Å²) in [6.07, 6.45) is 1.03. The molecule has 0 bridgehead atoms. The number of carboxylic acids is 1. The lowest BCUT2D eigenvalue weighted by Gasteiger charge is -2.29. The van der Waals surface area contributed by atoms with E-state index in [0.717, 1.165) is 4.90 Å². The van der Waals surface area contributed by atoms with Crippen molar-refractivity contribution in [2.24, 2.45) is 5.92 Å². The minimum Gasteiger partial charge on any atom is -0.550 e. The summed E-state index contributed by atoms with van der Waals surface area (Å²) in [5, 5.41) is 24.0. The summed E-state index contributed by atoms with van der Waals surface area (Å²) in [4.78, 5) is 33.7. The first-order chi connectivity index (χ1) is 10.5. The largest absolute Gasteiger partial charge is 0.550 e. The molecule has 2 rings (SSSR count). The van der Waals surface area contributed by atoms with Crippen molar-refractivity contribution in [2.45, 2.75) is 12.8 Å². The van der Waals surface area contributed by atoms with E-state index in [-0.39, 0.29) is 18.1 Å². The number of anilines is 1. The van der Waals surface area contributed by atoms with E-state index in [1.165, 1.54) is 24.3 Å². The van der Waals surface area contributed by atoms with E-state index in [0.29, 0.717) is 31.6 Å². The number of hydrogen-bond donors (Lipinski definition) is 2. The van der Waals surface area contributed by atoms with Gasteiger partial charge in [-0.05, 0) is 12.1 Å². The second-order valence-electron chi connectivity index (χ2n) is 5.37. The Morgan fingerprint density at radius 1 is 1.23 bits per heavy atom. The fourth-order valence-electron chi connectivity index (χ4n) is 2.54. The van der Waals surface area contributed by atoms with Crippen LogP contribution in [0.1, 0.15) is 12.8 Å². The highest BCUT2D eigenvalue weighted by Gasteiger charge is 2.24. The number of nitrogens with zero attached hydrogens (tertiary/aromatic N) is 1. The van der Waals surface area contributed by atoms with Gasteiger partial charge in [-0.15, -0.1) is 0 Å². The Morgan fingerprint density at radius 3 is 2.32 bits per heavy atom. The number of non-ortho nitro benzene ring substituents is 1. The fraction of sp³-hybridized carbons (Fsp3) is 0.429. The summed E-state index contributed by atoms with van der Waals surface area (Å²) in [6.45, 7) is 1.48. The van der Waals surface area contributed by atoms with Gasteiger partial charge in [0, 0.05) is 42.5 Å². The highest BCUT2D eigenvalue weighted by Crippen LogP contribution is 2.15. The average Bonchev–Trinajstić information content (AvgIpc) is 2.48. The highest BCUT2D eigenvalue weighted by molar-refractivity contribution is 5.91. The number of quaternary nitrogens is 1. The average molecular weight is 307 g/mol. The molecule has 0 aliphatic carbocycles. The molecule has 1 fully saturated rings. The van der Waals surface area contributed by atoms with Crippen LogP contribution in [0.2, 0.25) is 0 Å². The van der Waals surface area contributed by atoms with Crippen LogP contribution in [0.15, 0.2) is 24.3 Å². The van der Waals surface area contributed by atoms with Gasteiger partial charge in [-0.1, -0.05) is 0 Å². The molecule has 0 atom stereocenters. The van der Waals surface area contributed by atoms with Crippen molar-refractivity contribution < 1.29 is 24.5 Å². The maximum absolute atomic E-state index is 11.9. The Balaban J connectivity index is 1.81. The molecule has 1 saturated heterocycles. The summed E-state index contributed by atoms with van der Waals surface area (Å²) in [5.41, 5.74) is 0.465. The number of amides is 1. The topological polar surface area (TPSA) is 117 Å². The van der Waals surface area contributed by atoms with Crippen molar-refractivity contribution in [1.29, 1.82) is 0 Å². The predicted molar refractivity (Wildman–Crippen MR) is 75.0 cm³/mol. The van der Waals surface area contributed by atoms with Gasteiger partial charge < -0.3 is 20.1 Å². The Bertz CT molecular complexity index is 564. The monoisotopic (exact) mass is 307 g/mol. The maximum Gasteiger partial charge on any atom is 0.279 e. The van der Waals surface area contributed by atoms with Crippen LogP contribution < -0.4 is 15.3 Å². The first kappa shape index (κ1) is 15.9. The van der Waals surface area contributed by atoms with Gasteiger partial charge in [0.05, 0.1) is 18.0 Å². The van der Waals surface area contributed by atoms with Gasteiger partial charge in [-0.3, -0.25) is 14.9 Å². The molecule has 0 saturated carbocycles. The summed E-state index contributed by atoms with van der Waals surface area (Å²) in [7, 11) is 0. The number of benzene rings is 1. The molecule has 1 aromatic carbocycles. The van der Waals surface area contributed by atoms with Crippen molar-refractivity contribution in [3.05, 3.63) is 34.4 Å². The molecule has 8 heteroatoms. The second kappa shape index (κ2) is 6.99. The Labute approximate surface area is 126 Å². The number of nitro benzene ring substituents is 1. The number of carbonyl (C=O) groups is 2. The van der Waals surface area contributed by atoms with Gasteiger partial charge in [0.15, 0.2) is 6.54 Å². The molecule has 1 heterocycles. The van der Waals surface area contributed by atoms with E-state index < -0.39 is 16.8 Å². The molecule has 1 aliphatic heterocycles. The minimum atomic E-state index is -1.02. The van der Waals surface area contributed by atoms with E-state index >= 15 is 0 Å². The molecule has 0 unspecified atom stereocenters. The van der Waals surface area contributed by atoms with Gasteiger partial charge in [0.2, 0.25) is 0 Å². The third kappa shape index (κ3) is 4.26. The highest BCUT2D eigenvalue weighted by atomic mass is 16.6. The van der Waals surface area contributed by atoms with Gasteiger partial charge in [0.25, 0.3) is 11.6 Å². The SMILES string of the molecule is O=C(C[NH+]1CCC(C(=O)[O-])CC1)Nc1ccc([N+](=O)[O-])cc1. The Hall–Kier alpha value is -2.48. The lowest BCUT2D eigenvalue weighted by molar-refractivity contribution is -0.897. The molecule has 1 aromatic rings. The molecule has 0 radical (unpaired) electrons. The number of piperidine rings is 1. The van der Waals surface area contributed by atoms with Gasteiger partial charge in [-0.25, -0.2) is 0 Å². The van der Waals surface area contributed by atoms with E-state index in [1.54, 1.807) is 0 Å². The molecule has 1 amide bonds. The van der Waals surface area contributed by atoms with E-state index in [2.05, 4.69) is 5.32 Å². The normalized spacial score (nSPS) is 21.1. The van der Waals surface area contributed by atoms with Crippen LogP contribution in [0, 0.1) is 16.0 Å². The van der Waals surface area contributed by atoms with E-state index in [1.807, 2.05) is 0 Å². The van der Waals surface area contributed by atoms with Crippen molar-refractivity contribution in [3.63, 3.8) is 0 Å². The molecule has 118 valence electrons. The van der Waals surface area contributed by atoms with Gasteiger partial charge in [-0.2, -0.15) is 0 Å². The van der Waals surface area contributed by atoms with Crippen LogP contribution in [-0.2, 0) is 9.59 Å². The second-order valence-corrected chi connectivity index (χ2v) is 5.37. The van der Waals surface area contributed by atoms with E-state index in [9.17, 15) is 24.8 Å².